The summed E-state index contributed by atoms with van der Waals surface area (Å²) < 4.78 is 26.7. The first-order chi connectivity index (χ1) is 9.90. The van der Waals surface area contributed by atoms with Gasteiger partial charge in [0.15, 0.2) is 5.82 Å². The van der Waals surface area contributed by atoms with E-state index in [1.54, 1.807) is 0 Å². The Bertz CT molecular complexity index is 690. The number of nitro benzene ring substituents is 1. The highest BCUT2D eigenvalue weighted by molar-refractivity contribution is 5.95. The number of nitro groups is 1. The fraction of sp³-hybridized carbons (Fsp3) is 0.200. The van der Waals surface area contributed by atoms with Gasteiger partial charge in [-0.1, -0.05) is 5.21 Å². The molecule has 1 atom stereocenters. The molecule has 1 aromatic carbocycles. The second-order valence-electron chi connectivity index (χ2n) is 4.01. The van der Waals surface area contributed by atoms with Crippen molar-refractivity contribution in [2.24, 2.45) is 0 Å². The van der Waals surface area contributed by atoms with E-state index in [0.29, 0.717) is 6.07 Å². The summed E-state index contributed by atoms with van der Waals surface area (Å²) in [5.41, 5.74) is -1.65. The monoisotopic (exact) mass is 298 g/mol. The van der Waals surface area contributed by atoms with Gasteiger partial charge in [0.1, 0.15) is 5.82 Å². The molecule has 110 valence electrons. The predicted octanol–water partition coefficient (Wildman–Crippen LogP) is 0.877. The van der Waals surface area contributed by atoms with E-state index in [0.717, 1.165) is 0 Å². The van der Waals surface area contributed by atoms with Gasteiger partial charge in [-0.3, -0.25) is 14.9 Å². The van der Waals surface area contributed by atoms with Crippen LogP contribution in [0.2, 0.25) is 0 Å². The fourth-order valence-corrected chi connectivity index (χ4v) is 1.54. The number of carbonyl (C=O) groups is 1. The average Bonchev–Trinajstić information content (AvgIpc) is 2.91. The molecule has 21 heavy (non-hydrogen) atoms. The van der Waals surface area contributed by atoms with Crippen LogP contribution in [0.5, 0.6) is 0 Å². The summed E-state index contributed by atoms with van der Waals surface area (Å²) in [5, 5.41) is 25.6. The van der Waals surface area contributed by atoms with Gasteiger partial charge in [-0.15, -0.1) is 10.2 Å². The summed E-state index contributed by atoms with van der Waals surface area (Å²) in [7, 11) is 0. The highest BCUT2D eigenvalue weighted by Crippen LogP contribution is 2.22. The summed E-state index contributed by atoms with van der Waals surface area (Å²) in [6.07, 6.45) is 0. The highest BCUT2D eigenvalue weighted by Gasteiger charge is 2.24. The zero-order valence-corrected chi connectivity index (χ0v) is 10.5. The Labute approximate surface area is 115 Å². The number of aromatic nitrogens is 4. The van der Waals surface area contributed by atoms with Gasteiger partial charge >= 0.3 is 5.69 Å². The first-order valence-corrected chi connectivity index (χ1v) is 5.57. The number of nitrogens with one attached hydrogen (secondary N) is 2. The van der Waals surface area contributed by atoms with Crippen LogP contribution >= 0.6 is 0 Å². The van der Waals surface area contributed by atoms with E-state index in [9.17, 15) is 23.7 Å². The minimum atomic E-state index is -1.36. The van der Waals surface area contributed by atoms with Crippen molar-refractivity contribution in [2.45, 2.75) is 13.0 Å². The summed E-state index contributed by atoms with van der Waals surface area (Å²) in [5.74, 6) is -3.40. The third-order valence-electron chi connectivity index (χ3n) is 2.57. The Morgan fingerprint density at radius 2 is 2.14 bits per heavy atom. The van der Waals surface area contributed by atoms with E-state index < -0.39 is 39.8 Å². The second-order valence-corrected chi connectivity index (χ2v) is 4.01. The maximum absolute atomic E-state index is 13.6. The molecule has 0 aliphatic rings. The lowest BCUT2D eigenvalue weighted by atomic mass is 10.1. The molecule has 9 nitrogen and oxygen atoms in total. The molecule has 1 aromatic heterocycles. The second kappa shape index (κ2) is 5.56. The van der Waals surface area contributed by atoms with Crippen molar-refractivity contribution in [3.8, 4) is 0 Å². The van der Waals surface area contributed by atoms with Crippen LogP contribution < -0.4 is 5.32 Å². The molecule has 0 saturated heterocycles. The molecule has 0 saturated carbocycles. The number of tetrazole rings is 1. The zero-order chi connectivity index (χ0) is 15.6. The van der Waals surface area contributed by atoms with Gasteiger partial charge in [0.05, 0.1) is 16.5 Å². The zero-order valence-electron chi connectivity index (χ0n) is 10.5. The van der Waals surface area contributed by atoms with Crippen molar-refractivity contribution in [1.82, 2.24) is 25.9 Å². The molecule has 2 aromatic rings. The van der Waals surface area contributed by atoms with Gasteiger partial charge < -0.3 is 5.32 Å². The lowest BCUT2D eigenvalue weighted by Gasteiger charge is -2.10. The molecule has 0 bridgehead atoms. The van der Waals surface area contributed by atoms with E-state index in [1.807, 2.05) is 0 Å². The Balaban J connectivity index is 2.27. The van der Waals surface area contributed by atoms with Crippen molar-refractivity contribution in [1.29, 1.82) is 0 Å². The standard InChI is InChI=1S/C10H8F2N6O3/c1-4(9-14-16-17-15-9)13-10(19)5-2-8(18(20)21)7(12)3-6(5)11/h2-4H,1H3,(H,13,19)(H,14,15,16,17). The molecule has 0 fully saturated rings. The minimum Gasteiger partial charge on any atom is -0.342 e. The largest absolute Gasteiger partial charge is 0.342 e. The molecule has 1 unspecified atom stereocenters. The summed E-state index contributed by atoms with van der Waals surface area (Å²) in [6.45, 7) is 1.50. The number of hydrogen-bond donors (Lipinski definition) is 2. The first-order valence-electron chi connectivity index (χ1n) is 5.57. The molecule has 2 N–H and O–H groups in total. The van der Waals surface area contributed by atoms with Crippen LogP contribution in [0.1, 0.15) is 29.1 Å². The van der Waals surface area contributed by atoms with Gasteiger partial charge in [-0.05, 0) is 6.92 Å². The molecule has 1 amide bonds. The average molecular weight is 298 g/mol. The van der Waals surface area contributed by atoms with Gasteiger partial charge in [-0.25, -0.2) is 4.39 Å². The van der Waals surface area contributed by atoms with Crippen LogP contribution in [0.4, 0.5) is 14.5 Å². The van der Waals surface area contributed by atoms with Crippen LogP contribution in [0, 0.1) is 21.7 Å². The topological polar surface area (TPSA) is 127 Å². The molecule has 0 radical (unpaired) electrons. The summed E-state index contributed by atoms with van der Waals surface area (Å²) in [4.78, 5) is 21.4. The number of amides is 1. The number of carbonyl (C=O) groups excluding carboxylic acids is 1. The molecule has 0 spiro atoms. The number of rotatable bonds is 4. The summed E-state index contributed by atoms with van der Waals surface area (Å²) in [6, 6.07) is 0.0920. The predicted molar refractivity (Wildman–Crippen MR) is 63.1 cm³/mol. The maximum Gasteiger partial charge on any atom is 0.305 e. The van der Waals surface area contributed by atoms with E-state index >= 15 is 0 Å². The van der Waals surface area contributed by atoms with Gasteiger partial charge in [0.2, 0.25) is 5.82 Å². The van der Waals surface area contributed by atoms with Crippen molar-refractivity contribution < 1.29 is 18.5 Å². The van der Waals surface area contributed by atoms with E-state index in [2.05, 4.69) is 25.9 Å². The Kier molecular flexibility index (Phi) is 3.82. The van der Waals surface area contributed by atoms with Gasteiger partial charge in [0.25, 0.3) is 5.91 Å². The quantitative estimate of drug-likeness (QED) is 0.637. The summed E-state index contributed by atoms with van der Waals surface area (Å²) >= 11 is 0. The van der Waals surface area contributed by atoms with Crippen LogP contribution in [0.25, 0.3) is 0 Å². The third kappa shape index (κ3) is 2.96. The van der Waals surface area contributed by atoms with E-state index in [-0.39, 0.29) is 11.9 Å². The number of aromatic amines is 1. The van der Waals surface area contributed by atoms with Crippen molar-refractivity contribution in [3.63, 3.8) is 0 Å². The third-order valence-corrected chi connectivity index (χ3v) is 2.57. The highest BCUT2D eigenvalue weighted by atomic mass is 19.1. The van der Waals surface area contributed by atoms with Gasteiger partial charge in [-0.2, -0.15) is 9.60 Å². The van der Waals surface area contributed by atoms with Crippen molar-refractivity contribution in [3.05, 3.63) is 45.3 Å². The fourth-order valence-electron chi connectivity index (χ4n) is 1.54. The Hall–Kier alpha value is -2.98. The van der Waals surface area contributed by atoms with Crippen molar-refractivity contribution in [2.75, 3.05) is 0 Å². The molecular weight excluding hydrogens is 290 g/mol. The van der Waals surface area contributed by atoms with Gasteiger partial charge in [0, 0.05) is 12.1 Å². The molecular formula is C10H8F2N6O3. The number of H-pyrrole nitrogens is 1. The molecule has 1 heterocycles. The van der Waals surface area contributed by atoms with Crippen LogP contribution in [-0.2, 0) is 0 Å². The SMILES string of the molecule is CC(NC(=O)c1cc([N+](=O)[O-])c(F)cc1F)c1nn[nH]n1. The number of halogens is 2. The first kappa shape index (κ1) is 14.4. The minimum absolute atomic E-state index is 0.139. The smallest absolute Gasteiger partial charge is 0.305 e. The molecule has 0 aliphatic heterocycles. The van der Waals surface area contributed by atoms with Crippen LogP contribution in [0.15, 0.2) is 12.1 Å². The maximum atomic E-state index is 13.6. The molecule has 11 heteroatoms. The number of nitrogens with zero attached hydrogens (tertiary/aromatic N) is 4. The number of benzene rings is 1. The van der Waals surface area contributed by atoms with E-state index in [4.69, 9.17) is 0 Å². The molecule has 0 aliphatic carbocycles. The van der Waals surface area contributed by atoms with Crippen LogP contribution in [-0.4, -0.2) is 31.5 Å². The molecule has 2 rings (SSSR count). The lowest BCUT2D eigenvalue weighted by molar-refractivity contribution is -0.387. The Morgan fingerprint density at radius 3 is 2.71 bits per heavy atom. The Morgan fingerprint density at radius 1 is 1.43 bits per heavy atom. The lowest BCUT2D eigenvalue weighted by Crippen LogP contribution is -2.28. The van der Waals surface area contributed by atoms with E-state index in [1.165, 1.54) is 6.92 Å². The normalized spacial score (nSPS) is 12.0. The number of hydrogen-bond acceptors (Lipinski definition) is 6. The van der Waals surface area contributed by atoms with Crippen LogP contribution in [0.3, 0.4) is 0 Å². The van der Waals surface area contributed by atoms with Crippen molar-refractivity contribution >= 4 is 11.6 Å².